The Balaban J connectivity index is 2.98. The van der Waals surface area contributed by atoms with Crippen LogP contribution in [0.1, 0.15) is 31.1 Å². The van der Waals surface area contributed by atoms with Gasteiger partial charge in [0.2, 0.25) is 0 Å². The van der Waals surface area contributed by atoms with Gasteiger partial charge in [-0.3, -0.25) is 9.59 Å². The highest BCUT2D eigenvalue weighted by Crippen LogP contribution is 2.17. The van der Waals surface area contributed by atoms with Crippen LogP contribution in [0.4, 0.5) is 10.1 Å². The van der Waals surface area contributed by atoms with Gasteiger partial charge in [0, 0.05) is 12.2 Å². The van der Waals surface area contributed by atoms with E-state index in [1.54, 1.807) is 6.92 Å². The molecule has 0 saturated carbocycles. The number of benzene rings is 1. The van der Waals surface area contributed by atoms with E-state index in [-0.39, 0.29) is 30.3 Å². The molecule has 0 radical (unpaired) electrons. The normalized spacial score (nSPS) is 10.5. The maximum atomic E-state index is 13.3. The number of anilines is 1. The van der Waals surface area contributed by atoms with Crippen molar-refractivity contribution >= 4 is 17.6 Å². The number of esters is 1. The lowest BCUT2D eigenvalue weighted by Crippen LogP contribution is -2.39. The number of hydrogen-bond acceptors (Lipinski definition) is 4. The summed E-state index contributed by atoms with van der Waals surface area (Å²) in [6.45, 7) is 5.94. The second kappa shape index (κ2) is 7.61. The SMILES string of the molecule is CCOC(=O)CN(CC(C)C)C(=O)c1cc(F)ccc1N. The van der Waals surface area contributed by atoms with E-state index in [9.17, 15) is 14.0 Å². The molecule has 0 aliphatic carbocycles. The van der Waals surface area contributed by atoms with Gasteiger partial charge in [-0.15, -0.1) is 0 Å². The Morgan fingerprint density at radius 3 is 2.62 bits per heavy atom. The first-order valence-corrected chi connectivity index (χ1v) is 6.85. The fraction of sp³-hybridized carbons (Fsp3) is 0.467. The summed E-state index contributed by atoms with van der Waals surface area (Å²) in [6, 6.07) is 3.60. The number of rotatable bonds is 6. The minimum atomic E-state index is -0.548. The summed E-state index contributed by atoms with van der Waals surface area (Å²) in [7, 11) is 0. The molecule has 0 saturated heterocycles. The number of amides is 1. The average Bonchev–Trinajstić information content (AvgIpc) is 2.39. The molecule has 116 valence electrons. The molecule has 0 heterocycles. The van der Waals surface area contributed by atoms with Crippen LogP contribution in [-0.4, -0.2) is 36.5 Å². The third-order valence-electron chi connectivity index (χ3n) is 2.74. The van der Waals surface area contributed by atoms with Crippen molar-refractivity contribution in [2.24, 2.45) is 5.92 Å². The van der Waals surface area contributed by atoms with Gasteiger partial charge in [0.25, 0.3) is 5.91 Å². The monoisotopic (exact) mass is 296 g/mol. The van der Waals surface area contributed by atoms with Crippen molar-refractivity contribution in [3.8, 4) is 0 Å². The molecule has 0 fully saturated rings. The van der Waals surface area contributed by atoms with E-state index in [2.05, 4.69) is 0 Å². The Bertz CT molecular complexity index is 518. The van der Waals surface area contributed by atoms with Crippen molar-refractivity contribution in [3.63, 3.8) is 0 Å². The third kappa shape index (κ3) is 5.06. The predicted octanol–water partition coefficient (Wildman–Crippen LogP) is 2.07. The average molecular weight is 296 g/mol. The number of nitrogens with two attached hydrogens (primary N) is 1. The van der Waals surface area contributed by atoms with Crippen molar-refractivity contribution < 1.29 is 18.7 Å². The fourth-order valence-electron chi connectivity index (χ4n) is 1.91. The number of halogens is 1. The molecule has 5 nitrogen and oxygen atoms in total. The van der Waals surface area contributed by atoms with Gasteiger partial charge >= 0.3 is 5.97 Å². The standard InChI is InChI=1S/C15H21FN2O3/c1-4-21-14(19)9-18(8-10(2)3)15(20)12-7-11(16)5-6-13(12)17/h5-7,10H,4,8-9,17H2,1-3H3. The number of carbonyl (C=O) groups is 2. The van der Waals surface area contributed by atoms with Gasteiger partial charge in [0.15, 0.2) is 0 Å². The molecule has 0 unspecified atom stereocenters. The summed E-state index contributed by atoms with van der Waals surface area (Å²) in [6.07, 6.45) is 0. The smallest absolute Gasteiger partial charge is 0.325 e. The van der Waals surface area contributed by atoms with E-state index < -0.39 is 17.7 Å². The minimum absolute atomic E-state index is 0.0555. The zero-order valence-corrected chi connectivity index (χ0v) is 12.6. The highest BCUT2D eigenvalue weighted by molar-refractivity contribution is 6.00. The summed E-state index contributed by atoms with van der Waals surface area (Å²) >= 11 is 0. The molecule has 21 heavy (non-hydrogen) atoms. The van der Waals surface area contributed by atoms with Crippen LogP contribution in [0.2, 0.25) is 0 Å². The quantitative estimate of drug-likeness (QED) is 0.644. The minimum Gasteiger partial charge on any atom is -0.465 e. The van der Waals surface area contributed by atoms with Crippen LogP contribution in [0.15, 0.2) is 18.2 Å². The van der Waals surface area contributed by atoms with Crippen LogP contribution in [0.25, 0.3) is 0 Å². The molecule has 1 aromatic carbocycles. The lowest BCUT2D eigenvalue weighted by Gasteiger charge is -2.24. The number of ether oxygens (including phenoxy) is 1. The molecule has 0 atom stereocenters. The van der Waals surface area contributed by atoms with E-state index in [0.29, 0.717) is 6.54 Å². The highest BCUT2D eigenvalue weighted by Gasteiger charge is 2.22. The van der Waals surface area contributed by atoms with Crippen molar-refractivity contribution in [1.82, 2.24) is 4.90 Å². The molecule has 0 aromatic heterocycles. The molecule has 0 aliphatic heterocycles. The van der Waals surface area contributed by atoms with E-state index in [1.807, 2.05) is 13.8 Å². The van der Waals surface area contributed by atoms with Gasteiger partial charge in [-0.1, -0.05) is 13.8 Å². The number of nitrogen functional groups attached to an aromatic ring is 1. The van der Waals surface area contributed by atoms with Crippen LogP contribution in [0.5, 0.6) is 0 Å². The zero-order valence-electron chi connectivity index (χ0n) is 12.6. The molecule has 1 rings (SSSR count). The Kier molecular flexibility index (Phi) is 6.14. The number of hydrogen-bond donors (Lipinski definition) is 1. The van der Waals surface area contributed by atoms with E-state index >= 15 is 0 Å². The molecular weight excluding hydrogens is 275 g/mol. The van der Waals surface area contributed by atoms with Gasteiger partial charge in [0.05, 0.1) is 12.2 Å². The molecule has 1 aromatic rings. The summed E-state index contributed by atoms with van der Waals surface area (Å²) in [5.41, 5.74) is 5.95. The summed E-state index contributed by atoms with van der Waals surface area (Å²) in [4.78, 5) is 25.4. The summed E-state index contributed by atoms with van der Waals surface area (Å²) in [5, 5.41) is 0. The number of nitrogens with zero attached hydrogens (tertiary/aromatic N) is 1. The molecule has 0 spiro atoms. The van der Waals surface area contributed by atoms with Crippen LogP contribution < -0.4 is 5.73 Å². The Labute approximate surface area is 123 Å². The zero-order chi connectivity index (χ0) is 16.0. The topological polar surface area (TPSA) is 72.6 Å². The lowest BCUT2D eigenvalue weighted by atomic mass is 10.1. The van der Waals surface area contributed by atoms with Crippen molar-refractivity contribution in [1.29, 1.82) is 0 Å². The fourth-order valence-corrected chi connectivity index (χ4v) is 1.91. The van der Waals surface area contributed by atoms with Gasteiger partial charge in [-0.2, -0.15) is 0 Å². The van der Waals surface area contributed by atoms with Crippen LogP contribution in [0, 0.1) is 11.7 Å². The highest BCUT2D eigenvalue weighted by atomic mass is 19.1. The van der Waals surface area contributed by atoms with Gasteiger partial charge in [0.1, 0.15) is 12.4 Å². The molecule has 0 aliphatic rings. The first-order chi connectivity index (χ1) is 9.85. The summed E-state index contributed by atoms with van der Waals surface area (Å²) < 4.78 is 18.2. The second-order valence-corrected chi connectivity index (χ2v) is 5.12. The first kappa shape index (κ1) is 16.9. The molecule has 1 amide bonds. The first-order valence-electron chi connectivity index (χ1n) is 6.85. The predicted molar refractivity (Wildman–Crippen MR) is 78.2 cm³/mol. The Hall–Kier alpha value is -2.11. The summed E-state index contributed by atoms with van der Waals surface area (Å²) in [5.74, 6) is -1.37. The molecular formula is C15H21FN2O3. The van der Waals surface area contributed by atoms with Gasteiger partial charge in [-0.05, 0) is 31.0 Å². The Morgan fingerprint density at radius 1 is 1.38 bits per heavy atom. The van der Waals surface area contributed by atoms with Gasteiger partial charge < -0.3 is 15.4 Å². The second-order valence-electron chi connectivity index (χ2n) is 5.12. The van der Waals surface area contributed by atoms with E-state index in [4.69, 9.17) is 10.5 Å². The maximum absolute atomic E-state index is 13.3. The third-order valence-corrected chi connectivity index (χ3v) is 2.74. The van der Waals surface area contributed by atoms with E-state index in [1.165, 1.54) is 17.0 Å². The molecule has 6 heteroatoms. The maximum Gasteiger partial charge on any atom is 0.325 e. The van der Waals surface area contributed by atoms with Crippen LogP contribution in [0.3, 0.4) is 0 Å². The Morgan fingerprint density at radius 2 is 2.05 bits per heavy atom. The van der Waals surface area contributed by atoms with Crippen molar-refractivity contribution in [3.05, 3.63) is 29.6 Å². The van der Waals surface area contributed by atoms with Crippen molar-refractivity contribution in [2.75, 3.05) is 25.4 Å². The van der Waals surface area contributed by atoms with Crippen LogP contribution >= 0.6 is 0 Å². The molecule has 0 bridgehead atoms. The lowest BCUT2D eigenvalue weighted by molar-refractivity contribution is -0.143. The van der Waals surface area contributed by atoms with Gasteiger partial charge in [-0.25, -0.2) is 4.39 Å². The molecule has 2 N–H and O–H groups in total. The largest absolute Gasteiger partial charge is 0.465 e. The van der Waals surface area contributed by atoms with Crippen LogP contribution in [-0.2, 0) is 9.53 Å². The van der Waals surface area contributed by atoms with Crippen molar-refractivity contribution in [2.45, 2.75) is 20.8 Å². The van der Waals surface area contributed by atoms with E-state index in [0.717, 1.165) is 6.07 Å². The number of carbonyl (C=O) groups excluding carboxylic acids is 2.